The third-order valence-corrected chi connectivity index (χ3v) is 5.12. The standard InChI is InChI=1S/C22H34N2O3/c1-5-6-11-21(25)23-18-12-14-24(15-13-18)22(26)17(4)27-20-10-8-7-9-19(20)16(2)3/h7-10,16-18H,5-6,11-15H2,1-4H3,(H,23,25). The predicted octanol–water partition coefficient (Wildman–Crippen LogP) is 3.87. The molecule has 1 atom stereocenters. The van der Waals surface area contributed by atoms with Crippen molar-refractivity contribution in [3.63, 3.8) is 0 Å². The van der Waals surface area contributed by atoms with Crippen LogP contribution in [0, 0.1) is 0 Å². The van der Waals surface area contributed by atoms with Gasteiger partial charge in [-0.1, -0.05) is 45.4 Å². The molecule has 2 rings (SSSR count). The lowest BCUT2D eigenvalue weighted by atomic mass is 10.0. The Morgan fingerprint density at radius 1 is 1.19 bits per heavy atom. The highest BCUT2D eigenvalue weighted by atomic mass is 16.5. The fourth-order valence-corrected chi connectivity index (χ4v) is 3.44. The Bertz CT molecular complexity index is 622. The minimum absolute atomic E-state index is 0.0179. The fraction of sp³-hybridized carbons (Fsp3) is 0.636. The van der Waals surface area contributed by atoms with E-state index < -0.39 is 6.10 Å². The molecule has 27 heavy (non-hydrogen) atoms. The number of unbranched alkanes of at least 4 members (excludes halogenated alkanes) is 1. The molecule has 1 N–H and O–H groups in total. The minimum atomic E-state index is -0.513. The lowest BCUT2D eigenvalue weighted by Crippen LogP contribution is -2.49. The highest BCUT2D eigenvalue weighted by Crippen LogP contribution is 2.27. The van der Waals surface area contributed by atoms with Gasteiger partial charge in [-0.15, -0.1) is 0 Å². The molecule has 0 aromatic heterocycles. The monoisotopic (exact) mass is 374 g/mol. The van der Waals surface area contributed by atoms with Crippen molar-refractivity contribution in [2.24, 2.45) is 0 Å². The first-order valence-corrected chi connectivity index (χ1v) is 10.3. The van der Waals surface area contributed by atoms with E-state index in [9.17, 15) is 9.59 Å². The van der Waals surface area contributed by atoms with Gasteiger partial charge < -0.3 is 15.0 Å². The van der Waals surface area contributed by atoms with E-state index in [0.29, 0.717) is 25.4 Å². The molecule has 5 nitrogen and oxygen atoms in total. The summed E-state index contributed by atoms with van der Waals surface area (Å²) in [5.74, 6) is 1.27. The highest BCUT2D eigenvalue weighted by Gasteiger charge is 2.28. The van der Waals surface area contributed by atoms with Gasteiger partial charge in [-0.05, 0) is 43.7 Å². The summed E-state index contributed by atoms with van der Waals surface area (Å²) in [6.07, 6.45) is 3.64. The van der Waals surface area contributed by atoms with E-state index in [0.717, 1.165) is 37.0 Å². The molecular weight excluding hydrogens is 340 g/mol. The molecule has 150 valence electrons. The van der Waals surface area contributed by atoms with E-state index in [1.54, 1.807) is 0 Å². The molecule has 2 amide bonds. The van der Waals surface area contributed by atoms with Crippen LogP contribution in [0.25, 0.3) is 0 Å². The third kappa shape index (κ3) is 6.26. The number of nitrogens with one attached hydrogen (secondary N) is 1. The number of hydrogen-bond acceptors (Lipinski definition) is 3. The van der Waals surface area contributed by atoms with Crippen LogP contribution in [-0.4, -0.2) is 41.9 Å². The number of amides is 2. The van der Waals surface area contributed by atoms with Crippen LogP contribution in [0.15, 0.2) is 24.3 Å². The van der Waals surface area contributed by atoms with Crippen LogP contribution in [0.5, 0.6) is 5.75 Å². The Morgan fingerprint density at radius 2 is 1.85 bits per heavy atom. The number of para-hydroxylation sites is 1. The minimum Gasteiger partial charge on any atom is -0.481 e. The van der Waals surface area contributed by atoms with Crippen molar-refractivity contribution in [3.8, 4) is 5.75 Å². The fourth-order valence-electron chi connectivity index (χ4n) is 3.44. The molecule has 1 aliphatic heterocycles. The van der Waals surface area contributed by atoms with Gasteiger partial charge in [0.1, 0.15) is 5.75 Å². The summed E-state index contributed by atoms with van der Waals surface area (Å²) < 4.78 is 6.00. The second-order valence-electron chi connectivity index (χ2n) is 7.72. The summed E-state index contributed by atoms with van der Waals surface area (Å²) in [7, 11) is 0. The summed E-state index contributed by atoms with van der Waals surface area (Å²) in [4.78, 5) is 26.5. The summed E-state index contributed by atoms with van der Waals surface area (Å²) in [5, 5.41) is 3.09. The quantitative estimate of drug-likeness (QED) is 0.751. The van der Waals surface area contributed by atoms with Gasteiger partial charge >= 0.3 is 0 Å². The number of ether oxygens (including phenoxy) is 1. The van der Waals surface area contributed by atoms with Crippen molar-refractivity contribution in [1.29, 1.82) is 0 Å². The smallest absolute Gasteiger partial charge is 0.263 e. The normalized spacial score (nSPS) is 16.3. The summed E-state index contributed by atoms with van der Waals surface area (Å²) >= 11 is 0. The number of carbonyl (C=O) groups is 2. The average molecular weight is 375 g/mol. The number of rotatable bonds is 8. The molecule has 0 saturated carbocycles. The highest BCUT2D eigenvalue weighted by molar-refractivity contribution is 5.81. The number of benzene rings is 1. The van der Waals surface area contributed by atoms with Gasteiger partial charge in [-0.2, -0.15) is 0 Å². The first-order chi connectivity index (χ1) is 12.9. The first-order valence-electron chi connectivity index (χ1n) is 10.3. The van der Waals surface area contributed by atoms with Crippen molar-refractivity contribution in [2.75, 3.05) is 13.1 Å². The first kappa shape index (κ1) is 21.3. The van der Waals surface area contributed by atoms with Crippen molar-refractivity contribution >= 4 is 11.8 Å². The van der Waals surface area contributed by atoms with Crippen molar-refractivity contribution < 1.29 is 14.3 Å². The van der Waals surface area contributed by atoms with Gasteiger partial charge in [0.2, 0.25) is 5.91 Å². The Morgan fingerprint density at radius 3 is 2.48 bits per heavy atom. The molecule has 5 heteroatoms. The zero-order valence-corrected chi connectivity index (χ0v) is 17.2. The van der Waals surface area contributed by atoms with Crippen molar-refractivity contribution in [3.05, 3.63) is 29.8 Å². The Kier molecular flexibility index (Phi) is 8.14. The predicted molar refractivity (Wildman–Crippen MR) is 108 cm³/mol. The molecule has 0 radical (unpaired) electrons. The SMILES string of the molecule is CCCCC(=O)NC1CCN(C(=O)C(C)Oc2ccccc2C(C)C)CC1. The molecule has 0 aliphatic carbocycles. The molecule has 1 saturated heterocycles. The summed E-state index contributed by atoms with van der Waals surface area (Å²) in [6.45, 7) is 9.47. The zero-order valence-electron chi connectivity index (χ0n) is 17.2. The van der Waals surface area contributed by atoms with Crippen LogP contribution in [0.4, 0.5) is 0 Å². The Balaban J connectivity index is 1.84. The van der Waals surface area contributed by atoms with Gasteiger partial charge in [0.15, 0.2) is 6.10 Å². The summed E-state index contributed by atoms with van der Waals surface area (Å²) in [5.41, 5.74) is 1.12. The van der Waals surface area contributed by atoms with Gasteiger partial charge in [0, 0.05) is 25.6 Å². The second kappa shape index (κ2) is 10.3. The molecule has 1 aromatic rings. The van der Waals surface area contributed by atoms with Crippen LogP contribution in [-0.2, 0) is 9.59 Å². The topological polar surface area (TPSA) is 58.6 Å². The number of nitrogens with zero attached hydrogens (tertiary/aromatic N) is 1. The molecule has 1 aliphatic rings. The lowest BCUT2D eigenvalue weighted by Gasteiger charge is -2.34. The Labute approximate surface area is 163 Å². The van der Waals surface area contributed by atoms with Crippen LogP contribution >= 0.6 is 0 Å². The maximum Gasteiger partial charge on any atom is 0.263 e. The van der Waals surface area contributed by atoms with E-state index in [-0.39, 0.29) is 17.9 Å². The molecule has 1 unspecified atom stereocenters. The second-order valence-corrected chi connectivity index (χ2v) is 7.72. The van der Waals surface area contributed by atoms with E-state index in [1.165, 1.54) is 0 Å². The largest absolute Gasteiger partial charge is 0.481 e. The van der Waals surface area contributed by atoms with Gasteiger partial charge in [0.05, 0.1) is 0 Å². The number of piperidine rings is 1. The van der Waals surface area contributed by atoms with E-state index in [4.69, 9.17) is 4.74 Å². The van der Waals surface area contributed by atoms with Crippen LogP contribution in [0.3, 0.4) is 0 Å². The van der Waals surface area contributed by atoms with Crippen LogP contribution in [0.2, 0.25) is 0 Å². The van der Waals surface area contributed by atoms with E-state index in [2.05, 4.69) is 26.1 Å². The van der Waals surface area contributed by atoms with Gasteiger partial charge in [-0.3, -0.25) is 9.59 Å². The zero-order chi connectivity index (χ0) is 19.8. The van der Waals surface area contributed by atoms with Gasteiger partial charge in [-0.25, -0.2) is 0 Å². The third-order valence-electron chi connectivity index (χ3n) is 5.12. The molecule has 0 spiro atoms. The van der Waals surface area contributed by atoms with Crippen LogP contribution in [0.1, 0.15) is 71.3 Å². The lowest BCUT2D eigenvalue weighted by molar-refractivity contribution is -0.139. The molecule has 1 heterocycles. The Hall–Kier alpha value is -2.04. The van der Waals surface area contributed by atoms with E-state index in [1.807, 2.05) is 36.1 Å². The van der Waals surface area contributed by atoms with Gasteiger partial charge in [0.25, 0.3) is 5.91 Å². The van der Waals surface area contributed by atoms with Crippen molar-refractivity contribution in [2.45, 2.75) is 77.9 Å². The van der Waals surface area contributed by atoms with Crippen molar-refractivity contribution in [1.82, 2.24) is 10.2 Å². The molecule has 0 bridgehead atoms. The molecular formula is C22H34N2O3. The maximum absolute atomic E-state index is 12.8. The number of hydrogen-bond donors (Lipinski definition) is 1. The molecule has 1 fully saturated rings. The summed E-state index contributed by atoms with van der Waals surface area (Å²) in [6, 6.07) is 8.08. The molecule has 1 aromatic carbocycles. The van der Waals surface area contributed by atoms with E-state index >= 15 is 0 Å². The number of likely N-dealkylation sites (tertiary alicyclic amines) is 1. The maximum atomic E-state index is 12.8. The van der Waals surface area contributed by atoms with Crippen LogP contribution < -0.4 is 10.1 Å². The number of carbonyl (C=O) groups excluding carboxylic acids is 2. The average Bonchev–Trinajstić information content (AvgIpc) is 2.66.